The van der Waals surface area contributed by atoms with Crippen molar-refractivity contribution >= 4 is 11.8 Å². The zero-order valence-electron chi connectivity index (χ0n) is 16.8. The lowest BCUT2D eigenvalue weighted by atomic mass is 9.93. The number of esters is 1. The van der Waals surface area contributed by atoms with Crippen LogP contribution in [0.3, 0.4) is 0 Å². The number of carbonyl (C=O) groups is 2. The predicted molar refractivity (Wildman–Crippen MR) is 110 cm³/mol. The Labute approximate surface area is 167 Å². The molecule has 150 valence electrons. The Morgan fingerprint density at radius 1 is 0.893 bits per heavy atom. The highest BCUT2D eigenvalue weighted by Crippen LogP contribution is 2.19. The van der Waals surface area contributed by atoms with Crippen LogP contribution < -0.4 is 0 Å². The zero-order chi connectivity index (χ0) is 20.2. The Morgan fingerprint density at radius 2 is 1.54 bits per heavy atom. The molecule has 0 amide bonds. The summed E-state index contributed by atoms with van der Waals surface area (Å²) in [5, 5.41) is 0. The first-order valence-corrected chi connectivity index (χ1v) is 10.0. The summed E-state index contributed by atoms with van der Waals surface area (Å²) in [5.41, 5.74) is 1.96. The second-order valence-electron chi connectivity index (χ2n) is 6.90. The molecular formula is C24H30O4. The smallest absolute Gasteiger partial charge is 0.343 e. The van der Waals surface area contributed by atoms with Gasteiger partial charge < -0.3 is 9.47 Å². The van der Waals surface area contributed by atoms with Crippen LogP contribution in [0.15, 0.2) is 60.7 Å². The lowest BCUT2D eigenvalue weighted by Crippen LogP contribution is -2.38. The number of carbonyl (C=O) groups excluding carboxylic acids is 2. The Hall–Kier alpha value is -2.46. The molecule has 0 saturated heterocycles. The highest BCUT2D eigenvalue weighted by Gasteiger charge is 2.33. The summed E-state index contributed by atoms with van der Waals surface area (Å²) in [5.74, 6) is -1.29. The quantitative estimate of drug-likeness (QED) is 0.303. The van der Waals surface area contributed by atoms with Crippen molar-refractivity contribution in [2.75, 3.05) is 13.2 Å². The lowest BCUT2D eigenvalue weighted by molar-refractivity contribution is -0.162. The predicted octanol–water partition coefficient (Wildman–Crippen LogP) is 4.72. The van der Waals surface area contributed by atoms with Crippen LogP contribution >= 0.6 is 0 Å². The third kappa shape index (κ3) is 6.93. The topological polar surface area (TPSA) is 52.6 Å². The molecule has 2 unspecified atom stereocenters. The molecule has 0 fully saturated rings. The van der Waals surface area contributed by atoms with Crippen molar-refractivity contribution in [2.45, 2.75) is 51.6 Å². The van der Waals surface area contributed by atoms with Crippen LogP contribution in [0.5, 0.6) is 0 Å². The first-order valence-electron chi connectivity index (χ1n) is 10.0. The summed E-state index contributed by atoms with van der Waals surface area (Å²) in [6, 6.07) is 19.3. The van der Waals surface area contributed by atoms with Gasteiger partial charge >= 0.3 is 5.97 Å². The molecule has 0 aromatic heterocycles. The van der Waals surface area contributed by atoms with Gasteiger partial charge in [0.1, 0.15) is 0 Å². The van der Waals surface area contributed by atoms with Gasteiger partial charge in [0.15, 0.2) is 5.78 Å². The SMILES string of the molecule is CCCCCOC(=O)C(OCCc1ccccc1)C(=O)C(C)c1ccccc1. The lowest BCUT2D eigenvalue weighted by Gasteiger charge is -2.20. The Kier molecular flexibility index (Phi) is 9.43. The minimum absolute atomic E-state index is 0.264. The zero-order valence-corrected chi connectivity index (χ0v) is 16.8. The number of ketones is 1. The molecular weight excluding hydrogens is 352 g/mol. The Balaban J connectivity index is 2.01. The molecule has 4 heteroatoms. The molecule has 2 aromatic carbocycles. The number of ether oxygens (including phenoxy) is 2. The fraction of sp³-hybridized carbons (Fsp3) is 0.417. The van der Waals surface area contributed by atoms with E-state index in [1.54, 1.807) is 6.92 Å². The highest BCUT2D eigenvalue weighted by molar-refractivity contribution is 6.05. The van der Waals surface area contributed by atoms with Crippen molar-refractivity contribution in [2.24, 2.45) is 0 Å². The van der Waals surface area contributed by atoms with E-state index in [1.807, 2.05) is 60.7 Å². The van der Waals surface area contributed by atoms with Gasteiger partial charge in [-0.2, -0.15) is 0 Å². The number of hydrogen-bond acceptors (Lipinski definition) is 4. The highest BCUT2D eigenvalue weighted by atomic mass is 16.6. The van der Waals surface area contributed by atoms with E-state index in [2.05, 4.69) is 6.92 Å². The van der Waals surface area contributed by atoms with E-state index >= 15 is 0 Å². The fourth-order valence-corrected chi connectivity index (χ4v) is 2.94. The van der Waals surface area contributed by atoms with E-state index in [1.165, 1.54) is 0 Å². The van der Waals surface area contributed by atoms with E-state index in [4.69, 9.17) is 9.47 Å². The van der Waals surface area contributed by atoms with Gasteiger partial charge in [0.25, 0.3) is 0 Å². The molecule has 28 heavy (non-hydrogen) atoms. The normalized spacial score (nSPS) is 12.9. The second-order valence-corrected chi connectivity index (χ2v) is 6.90. The molecule has 4 nitrogen and oxygen atoms in total. The van der Waals surface area contributed by atoms with Gasteiger partial charge in [0.05, 0.1) is 13.2 Å². The summed E-state index contributed by atoms with van der Waals surface area (Å²) in [6.45, 7) is 4.49. The average Bonchev–Trinajstić information content (AvgIpc) is 2.74. The number of rotatable bonds is 12. The maximum absolute atomic E-state index is 13.0. The third-order valence-corrected chi connectivity index (χ3v) is 4.71. The molecule has 0 N–H and O–H groups in total. The summed E-state index contributed by atoms with van der Waals surface area (Å²) in [4.78, 5) is 25.5. The van der Waals surface area contributed by atoms with E-state index < -0.39 is 18.0 Å². The van der Waals surface area contributed by atoms with Crippen LogP contribution in [0.2, 0.25) is 0 Å². The molecule has 0 bridgehead atoms. The standard InChI is InChI=1S/C24H30O4/c1-3-4-11-17-28-24(26)23(27-18-16-20-12-7-5-8-13-20)22(25)19(2)21-14-9-6-10-15-21/h5-10,12-15,19,23H,3-4,11,16-18H2,1-2H3. The van der Waals surface area contributed by atoms with Gasteiger partial charge in [-0.1, -0.05) is 87.4 Å². The van der Waals surface area contributed by atoms with Gasteiger partial charge in [-0.25, -0.2) is 4.79 Å². The number of Topliss-reactive ketones (excluding diaryl/α,β-unsaturated/α-hetero) is 1. The number of hydrogen-bond donors (Lipinski definition) is 0. The van der Waals surface area contributed by atoms with Crippen LogP contribution in [-0.4, -0.2) is 31.1 Å². The van der Waals surface area contributed by atoms with Crippen LogP contribution in [0.25, 0.3) is 0 Å². The van der Waals surface area contributed by atoms with Crippen LogP contribution in [0.4, 0.5) is 0 Å². The van der Waals surface area contributed by atoms with Crippen LogP contribution in [-0.2, 0) is 25.5 Å². The molecule has 2 rings (SSSR count). The average molecular weight is 383 g/mol. The fourth-order valence-electron chi connectivity index (χ4n) is 2.94. The summed E-state index contributed by atoms with van der Waals surface area (Å²) in [7, 11) is 0. The number of unbranched alkanes of at least 4 members (excludes halogenated alkanes) is 2. The van der Waals surface area contributed by atoms with Gasteiger partial charge in [0.2, 0.25) is 6.10 Å². The molecule has 0 aliphatic heterocycles. The maximum Gasteiger partial charge on any atom is 0.343 e. The Bertz CT molecular complexity index is 712. The largest absolute Gasteiger partial charge is 0.463 e. The molecule has 0 saturated carbocycles. The first kappa shape index (κ1) is 21.8. The summed E-state index contributed by atoms with van der Waals surface area (Å²) >= 11 is 0. The molecule has 2 aromatic rings. The third-order valence-electron chi connectivity index (χ3n) is 4.71. The molecule has 0 heterocycles. The second kappa shape index (κ2) is 12.1. The van der Waals surface area contributed by atoms with E-state index in [0.29, 0.717) is 13.0 Å². The number of benzene rings is 2. The summed E-state index contributed by atoms with van der Waals surface area (Å²) < 4.78 is 11.1. The van der Waals surface area contributed by atoms with E-state index in [-0.39, 0.29) is 12.4 Å². The van der Waals surface area contributed by atoms with Crippen molar-refractivity contribution in [3.63, 3.8) is 0 Å². The van der Waals surface area contributed by atoms with E-state index in [0.717, 1.165) is 30.4 Å². The molecule has 0 aliphatic rings. The van der Waals surface area contributed by atoms with Gasteiger partial charge in [-0.05, 0) is 24.0 Å². The molecule has 0 aliphatic carbocycles. The monoisotopic (exact) mass is 382 g/mol. The van der Waals surface area contributed by atoms with Crippen molar-refractivity contribution in [1.29, 1.82) is 0 Å². The van der Waals surface area contributed by atoms with Crippen LogP contribution in [0, 0.1) is 0 Å². The van der Waals surface area contributed by atoms with E-state index in [9.17, 15) is 9.59 Å². The summed E-state index contributed by atoms with van der Waals surface area (Å²) in [6.07, 6.45) is 2.26. The van der Waals surface area contributed by atoms with Gasteiger partial charge in [-0.15, -0.1) is 0 Å². The molecule has 2 atom stereocenters. The maximum atomic E-state index is 13.0. The minimum atomic E-state index is -1.19. The Morgan fingerprint density at radius 3 is 2.18 bits per heavy atom. The minimum Gasteiger partial charge on any atom is -0.463 e. The van der Waals surface area contributed by atoms with Crippen molar-refractivity contribution in [3.05, 3.63) is 71.8 Å². The first-order chi connectivity index (χ1) is 13.6. The van der Waals surface area contributed by atoms with Crippen LogP contribution in [0.1, 0.15) is 50.2 Å². The molecule has 0 spiro atoms. The van der Waals surface area contributed by atoms with Crippen molar-refractivity contribution in [3.8, 4) is 0 Å². The molecule has 0 radical (unpaired) electrons. The van der Waals surface area contributed by atoms with Gasteiger partial charge in [-0.3, -0.25) is 4.79 Å². The van der Waals surface area contributed by atoms with Gasteiger partial charge in [0, 0.05) is 5.92 Å². The van der Waals surface area contributed by atoms with Crippen molar-refractivity contribution < 1.29 is 19.1 Å². The van der Waals surface area contributed by atoms with Crippen molar-refractivity contribution in [1.82, 2.24) is 0 Å².